The van der Waals surface area contributed by atoms with Crippen molar-refractivity contribution in [2.75, 3.05) is 14.2 Å². The van der Waals surface area contributed by atoms with Crippen molar-refractivity contribution in [1.82, 2.24) is 0 Å². The molecule has 0 aliphatic heterocycles. The van der Waals surface area contributed by atoms with Crippen LogP contribution in [0.5, 0.6) is 0 Å². The first-order valence-corrected chi connectivity index (χ1v) is 11.1. The smallest absolute Gasteiger partial charge is 0.339 e. The zero-order valence-corrected chi connectivity index (χ0v) is 20.0. The van der Waals surface area contributed by atoms with Crippen LogP contribution in [0.1, 0.15) is 20.7 Å². The lowest BCUT2D eigenvalue weighted by Crippen LogP contribution is -2.15. The molecule has 0 saturated carbocycles. The maximum absolute atomic E-state index is 13.1. The van der Waals surface area contributed by atoms with Gasteiger partial charge in [-0.3, -0.25) is 0 Å². The van der Waals surface area contributed by atoms with E-state index in [1.54, 1.807) is 42.5 Å². The second-order valence-corrected chi connectivity index (χ2v) is 8.33. The van der Waals surface area contributed by atoms with Crippen LogP contribution in [0.15, 0.2) is 84.9 Å². The number of ether oxygens (including phenoxy) is 2. The van der Waals surface area contributed by atoms with Gasteiger partial charge in [-0.2, -0.15) is 0 Å². The first-order chi connectivity index (χ1) is 16.4. The molecule has 0 atom stereocenters. The fourth-order valence-corrected chi connectivity index (χ4v) is 4.18. The number of hydrogen-bond acceptors (Lipinski definition) is 4. The van der Waals surface area contributed by atoms with Crippen molar-refractivity contribution in [3.63, 3.8) is 0 Å². The van der Waals surface area contributed by atoms with Gasteiger partial charge in [0, 0.05) is 10.0 Å². The van der Waals surface area contributed by atoms with Crippen molar-refractivity contribution in [2.24, 2.45) is 0 Å². The van der Waals surface area contributed by atoms with Crippen molar-refractivity contribution in [1.29, 1.82) is 0 Å². The van der Waals surface area contributed by atoms with Crippen molar-refractivity contribution in [3.05, 3.63) is 106 Å². The summed E-state index contributed by atoms with van der Waals surface area (Å²) >= 11 is 12.1. The summed E-state index contributed by atoms with van der Waals surface area (Å²) < 4.78 is 10.2. The third-order valence-corrected chi connectivity index (χ3v) is 6.02. The van der Waals surface area contributed by atoms with Gasteiger partial charge in [-0.25, -0.2) is 9.59 Å². The van der Waals surface area contributed by atoms with Crippen LogP contribution in [0.4, 0.5) is 0 Å². The van der Waals surface area contributed by atoms with Crippen LogP contribution in [0.2, 0.25) is 10.0 Å². The predicted molar refractivity (Wildman–Crippen MR) is 135 cm³/mol. The molecule has 4 nitrogen and oxygen atoms in total. The molecule has 0 aromatic heterocycles. The quantitative estimate of drug-likeness (QED) is 0.270. The minimum atomic E-state index is -0.642. The minimum Gasteiger partial charge on any atom is -0.465 e. The second kappa shape index (κ2) is 10.1. The molecule has 170 valence electrons. The Morgan fingerprint density at radius 2 is 0.941 bits per heavy atom. The van der Waals surface area contributed by atoms with Gasteiger partial charge in [0.15, 0.2) is 0 Å². The molecule has 0 amide bonds. The highest BCUT2D eigenvalue weighted by Gasteiger charge is 2.28. The Labute approximate surface area is 207 Å². The van der Waals surface area contributed by atoms with Crippen LogP contribution in [0, 0.1) is 0 Å². The average Bonchev–Trinajstić information content (AvgIpc) is 2.88. The molecule has 0 aliphatic carbocycles. The number of rotatable bonds is 5. The van der Waals surface area contributed by atoms with Gasteiger partial charge in [-0.1, -0.05) is 83.9 Å². The van der Waals surface area contributed by atoms with E-state index in [4.69, 9.17) is 32.7 Å². The van der Waals surface area contributed by atoms with Gasteiger partial charge in [0.05, 0.1) is 25.3 Å². The first kappa shape index (κ1) is 23.6. The molecule has 0 spiro atoms. The van der Waals surface area contributed by atoms with Crippen LogP contribution in [0.25, 0.3) is 33.4 Å². The molecule has 0 radical (unpaired) electrons. The summed E-state index contributed by atoms with van der Waals surface area (Å²) in [6.07, 6.45) is 0. The van der Waals surface area contributed by atoms with E-state index in [0.29, 0.717) is 26.7 Å². The van der Waals surface area contributed by atoms with Gasteiger partial charge in [0.2, 0.25) is 0 Å². The van der Waals surface area contributed by atoms with E-state index in [-0.39, 0.29) is 11.1 Å². The average molecular weight is 491 g/mol. The lowest BCUT2D eigenvalue weighted by atomic mass is 9.86. The molecule has 4 rings (SSSR count). The molecule has 4 aromatic rings. The molecule has 6 heteroatoms. The number of esters is 2. The number of methoxy groups -OCH3 is 2. The summed E-state index contributed by atoms with van der Waals surface area (Å²) in [6, 6.07) is 25.7. The molecular formula is C28H20Cl2O4. The highest BCUT2D eigenvalue weighted by molar-refractivity contribution is 6.31. The Kier molecular flexibility index (Phi) is 7.01. The number of benzene rings is 4. The SMILES string of the molecule is COC(=O)c1c(-c2ccc(Cl)cc2)ccc(-c2ccccc2-c2ccc(Cl)cc2)c1C(=O)OC. The van der Waals surface area contributed by atoms with E-state index in [1.165, 1.54) is 14.2 Å². The molecule has 0 bridgehead atoms. The van der Waals surface area contributed by atoms with E-state index in [9.17, 15) is 9.59 Å². The normalized spacial score (nSPS) is 10.6. The minimum absolute atomic E-state index is 0.125. The van der Waals surface area contributed by atoms with E-state index >= 15 is 0 Å². The summed E-state index contributed by atoms with van der Waals surface area (Å²) in [5, 5.41) is 1.18. The molecule has 4 aromatic carbocycles. The topological polar surface area (TPSA) is 52.6 Å². The summed E-state index contributed by atoms with van der Waals surface area (Å²) in [7, 11) is 2.57. The molecule has 34 heavy (non-hydrogen) atoms. The Balaban J connectivity index is 2.04. The molecule has 0 heterocycles. The lowest BCUT2D eigenvalue weighted by molar-refractivity contribution is 0.0556. The molecule has 0 fully saturated rings. The van der Waals surface area contributed by atoms with Crippen molar-refractivity contribution < 1.29 is 19.1 Å². The Morgan fingerprint density at radius 1 is 0.529 bits per heavy atom. The summed E-state index contributed by atoms with van der Waals surface area (Å²) in [5.41, 5.74) is 4.61. The summed E-state index contributed by atoms with van der Waals surface area (Å²) in [5.74, 6) is -1.28. The Bertz CT molecular complexity index is 1360. The Morgan fingerprint density at radius 3 is 1.44 bits per heavy atom. The first-order valence-electron chi connectivity index (χ1n) is 10.4. The molecule has 0 unspecified atom stereocenters. The van der Waals surface area contributed by atoms with Crippen molar-refractivity contribution >= 4 is 35.1 Å². The molecule has 0 N–H and O–H groups in total. The van der Waals surface area contributed by atoms with Gasteiger partial charge in [0.1, 0.15) is 0 Å². The summed E-state index contributed by atoms with van der Waals surface area (Å²) in [6.45, 7) is 0. The third-order valence-electron chi connectivity index (χ3n) is 5.51. The van der Waals surface area contributed by atoms with Crippen LogP contribution in [0.3, 0.4) is 0 Å². The third kappa shape index (κ3) is 4.56. The lowest BCUT2D eigenvalue weighted by Gasteiger charge is -2.18. The van der Waals surface area contributed by atoms with Crippen molar-refractivity contribution in [2.45, 2.75) is 0 Å². The molecular weight excluding hydrogens is 471 g/mol. The van der Waals surface area contributed by atoms with Crippen LogP contribution in [-0.2, 0) is 9.47 Å². The maximum atomic E-state index is 13.1. The van der Waals surface area contributed by atoms with E-state index in [2.05, 4.69) is 0 Å². The second-order valence-electron chi connectivity index (χ2n) is 7.45. The maximum Gasteiger partial charge on any atom is 0.339 e. The number of carbonyl (C=O) groups is 2. The standard InChI is InChI=1S/C28H20Cl2O4/c1-33-27(31)25-22(18-9-13-20(30)14-10-18)15-16-24(26(25)28(32)34-2)23-6-4-3-5-21(23)17-7-11-19(29)12-8-17/h3-16H,1-2H3. The van der Waals surface area contributed by atoms with Crippen molar-refractivity contribution in [3.8, 4) is 33.4 Å². The fourth-order valence-electron chi connectivity index (χ4n) is 3.92. The van der Waals surface area contributed by atoms with E-state index in [1.807, 2.05) is 42.5 Å². The van der Waals surface area contributed by atoms with Crippen LogP contribution < -0.4 is 0 Å². The van der Waals surface area contributed by atoms with E-state index < -0.39 is 11.9 Å². The number of carbonyl (C=O) groups excluding carboxylic acids is 2. The highest BCUT2D eigenvalue weighted by atomic mass is 35.5. The Hall–Kier alpha value is -3.60. The van der Waals surface area contributed by atoms with Gasteiger partial charge >= 0.3 is 11.9 Å². The molecule has 0 aliphatic rings. The van der Waals surface area contributed by atoms with Gasteiger partial charge in [0.25, 0.3) is 0 Å². The largest absolute Gasteiger partial charge is 0.465 e. The highest BCUT2D eigenvalue weighted by Crippen LogP contribution is 2.39. The van der Waals surface area contributed by atoms with Gasteiger partial charge in [-0.05, 0) is 57.6 Å². The fraction of sp³-hybridized carbons (Fsp3) is 0.0714. The zero-order valence-electron chi connectivity index (χ0n) is 18.5. The van der Waals surface area contributed by atoms with E-state index in [0.717, 1.165) is 16.7 Å². The predicted octanol–water partition coefficient (Wildman–Crippen LogP) is 7.57. The molecule has 0 saturated heterocycles. The number of halogens is 2. The zero-order chi connectivity index (χ0) is 24.2. The van der Waals surface area contributed by atoms with Crippen LogP contribution in [-0.4, -0.2) is 26.2 Å². The monoisotopic (exact) mass is 490 g/mol. The summed E-state index contributed by atoms with van der Waals surface area (Å²) in [4.78, 5) is 26.1. The van der Waals surface area contributed by atoms with Gasteiger partial charge in [-0.15, -0.1) is 0 Å². The van der Waals surface area contributed by atoms with Gasteiger partial charge < -0.3 is 9.47 Å². The number of hydrogen-bond donors (Lipinski definition) is 0. The van der Waals surface area contributed by atoms with Crippen LogP contribution >= 0.6 is 23.2 Å².